The number of nitrogens with one attached hydrogen (secondary N) is 2. The van der Waals surface area contributed by atoms with Crippen LogP contribution in [0.4, 0.5) is 11.4 Å². The Morgan fingerprint density at radius 1 is 1.12 bits per heavy atom. The summed E-state index contributed by atoms with van der Waals surface area (Å²) in [7, 11) is -3.39. The Hall–Kier alpha value is -3.27. The maximum Gasteiger partial charge on any atom is 0.258 e. The molecule has 0 saturated carbocycles. The van der Waals surface area contributed by atoms with Crippen LogP contribution >= 0.6 is 0 Å². The van der Waals surface area contributed by atoms with Crippen molar-refractivity contribution in [3.63, 3.8) is 0 Å². The van der Waals surface area contributed by atoms with E-state index in [0.717, 1.165) is 6.26 Å². The number of anilines is 2. The zero-order valence-electron chi connectivity index (χ0n) is 13.1. The van der Waals surface area contributed by atoms with Crippen LogP contribution in [0.2, 0.25) is 0 Å². The fourth-order valence-electron chi connectivity index (χ4n) is 2.04. The molecule has 0 fully saturated rings. The normalized spacial score (nSPS) is 11.1. The molecule has 0 aliphatic carbocycles. The molecule has 3 rings (SSSR count). The second-order valence-corrected chi connectivity index (χ2v) is 6.88. The summed E-state index contributed by atoms with van der Waals surface area (Å²) < 4.78 is 26.3. The van der Waals surface area contributed by atoms with E-state index >= 15 is 0 Å². The van der Waals surface area contributed by atoms with Crippen molar-refractivity contribution >= 4 is 27.3 Å². The van der Waals surface area contributed by atoms with E-state index in [2.05, 4.69) is 25.1 Å². The average molecular weight is 358 g/mol. The minimum atomic E-state index is -3.39. The van der Waals surface area contributed by atoms with Crippen LogP contribution in [0.25, 0.3) is 5.95 Å². The van der Waals surface area contributed by atoms with Crippen molar-refractivity contribution < 1.29 is 13.2 Å². The smallest absolute Gasteiger partial charge is 0.258 e. The summed E-state index contributed by atoms with van der Waals surface area (Å²) in [6, 6.07) is 8.06. The lowest BCUT2D eigenvalue weighted by atomic mass is 10.2. The Kier molecular flexibility index (Phi) is 4.44. The molecular weight excluding hydrogens is 344 g/mol. The van der Waals surface area contributed by atoms with Gasteiger partial charge in [-0.2, -0.15) is 5.10 Å². The minimum absolute atomic E-state index is 0.314. The minimum Gasteiger partial charge on any atom is -0.322 e. The molecule has 3 aromatic rings. The van der Waals surface area contributed by atoms with Gasteiger partial charge in [-0.3, -0.25) is 9.52 Å². The highest BCUT2D eigenvalue weighted by Gasteiger charge is 2.11. The molecule has 0 saturated heterocycles. The van der Waals surface area contributed by atoms with Gasteiger partial charge in [-0.15, -0.1) is 0 Å². The van der Waals surface area contributed by atoms with Gasteiger partial charge in [0.1, 0.15) is 0 Å². The van der Waals surface area contributed by atoms with Gasteiger partial charge in [-0.05, 0) is 24.3 Å². The molecule has 0 radical (unpaired) electrons. The third kappa shape index (κ3) is 4.38. The zero-order chi connectivity index (χ0) is 17.9. The first kappa shape index (κ1) is 16.6. The summed E-state index contributed by atoms with van der Waals surface area (Å²) in [6.07, 6.45) is 7.10. The third-order valence-electron chi connectivity index (χ3n) is 3.03. The molecule has 1 aromatic carbocycles. The van der Waals surface area contributed by atoms with Crippen LogP contribution < -0.4 is 10.0 Å². The van der Waals surface area contributed by atoms with E-state index < -0.39 is 15.9 Å². The van der Waals surface area contributed by atoms with E-state index in [1.54, 1.807) is 36.7 Å². The molecule has 0 aliphatic rings. The van der Waals surface area contributed by atoms with Gasteiger partial charge in [0.2, 0.25) is 16.0 Å². The molecule has 1 amide bonds. The van der Waals surface area contributed by atoms with Gasteiger partial charge < -0.3 is 5.32 Å². The van der Waals surface area contributed by atoms with Crippen LogP contribution in [0.15, 0.2) is 55.1 Å². The largest absolute Gasteiger partial charge is 0.322 e. The first-order valence-electron chi connectivity index (χ1n) is 7.12. The van der Waals surface area contributed by atoms with Crippen molar-refractivity contribution in [2.24, 2.45) is 0 Å². The summed E-state index contributed by atoms with van der Waals surface area (Å²) in [5.74, 6) is -0.0420. The van der Waals surface area contributed by atoms with Crippen LogP contribution in [0.3, 0.4) is 0 Å². The number of amides is 1. The number of benzene rings is 1. The van der Waals surface area contributed by atoms with E-state index in [1.807, 2.05) is 0 Å². The maximum atomic E-state index is 12.3. The summed E-state index contributed by atoms with van der Waals surface area (Å²) in [4.78, 5) is 20.4. The summed E-state index contributed by atoms with van der Waals surface area (Å²) >= 11 is 0. The van der Waals surface area contributed by atoms with Crippen molar-refractivity contribution in [1.29, 1.82) is 0 Å². The Balaban J connectivity index is 1.75. The fraction of sp³-hybridized carbons (Fsp3) is 0.0667. The highest BCUT2D eigenvalue weighted by Crippen LogP contribution is 2.17. The first-order valence-corrected chi connectivity index (χ1v) is 9.01. The molecule has 10 heteroatoms. The molecule has 25 heavy (non-hydrogen) atoms. The van der Waals surface area contributed by atoms with E-state index in [-0.39, 0.29) is 0 Å². The fourth-order valence-corrected chi connectivity index (χ4v) is 2.59. The quantitative estimate of drug-likeness (QED) is 0.709. The lowest BCUT2D eigenvalue weighted by molar-refractivity contribution is 0.102. The topological polar surface area (TPSA) is 119 Å². The SMILES string of the molecule is CS(=O)(=O)Nc1cccc(NC(=O)c2cnn(-c3ncccn3)c2)c1. The molecule has 128 valence electrons. The van der Waals surface area contributed by atoms with Gasteiger partial charge >= 0.3 is 0 Å². The van der Waals surface area contributed by atoms with Crippen LogP contribution in [-0.4, -0.2) is 40.3 Å². The molecule has 0 aliphatic heterocycles. The number of hydrogen-bond acceptors (Lipinski definition) is 6. The highest BCUT2D eigenvalue weighted by molar-refractivity contribution is 7.92. The Bertz CT molecular complexity index is 1000. The number of hydrogen-bond donors (Lipinski definition) is 2. The first-order chi connectivity index (χ1) is 11.9. The number of carbonyl (C=O) groups excluding carboxylic acids is 1. The average Bonchev–Trinajstić information content (AvgIpc) is 3.04. The summed E-state index contributed by atoms with van der Waals surface area (Å²) in [6.45, 7) is 0. The van der Waals surface area contributed by atoms with E-state index in [0.29, 0.717) is 22.9 Å². The van der Waals surface area contributed by atoms with Crippen LogP contribution in [0.5, 0.6) is 0 Å². The van der Waals surface area contributed by atoms with Gasteiger partial charge in [-0.25, -0.2) is 23.1 Å². The molecule has 0 atom stereocenters. The van der Waals surface area contributed by atoms with Gasteiger partial charge in [0.25, 0.3) is 5.91 Å². The number of nitrogens with zero attached hydrogens (tertiary/aromatic N) is 4. The lowest BCUT2D eigenvalue weighted by Crippen LogP contribution is -2.12. The number of aromatic nitrogens is 4. The molecule has 2 aromatic heterocycles. The Morgan fingerprint density at radius 2 is 1.84 bits per heavy atom. The van der Waals surface area contributed by atoms with Gasteiger partial charge in [-0.1, -0.05) is 6.07 Å². The second kappa shape index (κ2) is 6.69. The van der Waals surface area contributed by atoms with Gasteiger partial charge in [0, 0.05) is 24.3 Å². The maximum absolute atomic E-state index is 12.3. The highest BCUT2D eigenvalue weighted by atomic mass is 32.2. The summed E-state index contributed by atoms with van der Waals surface area (Å²) in [5.41, 5.74) is 1.12. The third-order valence-corrected chi connectivity index (χ3v) is 3.63. The Morgan fingerprint density at radius 3 is 2.56 bits per heavy atom. The van der Waals surface area contributed by atoms with Crippen LogP contribution in [0.1, 0.15) is 10.4 Å². The lowest BCUT2D eigenvalue weighted by Gasteiger charge is -2.07. The number of carbonyl (C=O) groups is 1. The summed E-state index contributed by atoms with van der Waals surface area (Å²) in [5, 5.41) is 6.74. The van der Waals surface area contributed by atoms with Crippen LogP contribution in [0, 0.1) is 0 Å². The van der Waals surface area contributed by atoms with Crippen LogP contribution in [-0.2, 0) is 10.0 Å². The molecule has 2 heterocycles. The van der Waals surface area contributed by atoms with E-state index in [4.69, 9.17) is 0 Å². The van der Waals surface area contributed by atoms with Crippen molar-refractivity contribution in [1.82, 2.24) is 19.7 Å². The molecular formula is C15H14N6O3S. The predicted octanol–water partition coefficient (Wildman–Crippen LogP) is 1.29. The molecule has 0 unspecified atom stereocenters. The molecule has 0 spiro atoms. The zero-order valence-corrected chi connectivity index (χ0v) is 13.9. The van der Waals surface area contributed by atoms with E-state index in [9.17, 15) is 13.2 Å². The van der Waals surface area contributed by atoms with Gasteiger partial charge in [0.05, 0.1) is 23.7 Å². The monoisotopic (exact) mass is 358 g/mol. The van der Waals surface area contributed by atoms with E-state index in [1.165, 1.54) is 23.1 Å². The standard InChI is InChI=1S/C15H14N6O3S/c1-25(23,24)20-13-5-2-4-12(8-13)19-14(22)11-9-18-21(10-11)15-16-6-3-7-17-15/h2-10,20H,1H3,(H,19,22). The number of rotatable bonds is 5. The van der Waals surface area contributed by atoms with Crippen molar-refractivity contribution in [2.45, 2.75) is 0 Å². The van der Waals surface area contributed by atoms with Crippen molar-refractivity contribution in [3.8, 4) is 5.95 Å². The molecule has 2 N–H and O–H groups in total. The van der Waals surface area contributed by atoms with Gasteiger partial charge in [0.15, 0.2) is 0 Å². The molecule has 9 nitrogen and oxygen atoms in total. The predicted molar refractivity (Wildman–Crippen MR) is 92.0 cm³/mol. The molecule has 0 bridgehead atoms. The van der Waals surface area contributed by atoms with Crippen molar-refractivity contribution in [2.75, 3.05) is 16.3 Å². The number of sulfonamides is 1. The van der Waals surface area contributed by atoms with Crippen molar-refractivity contribution in [3.05, 3.63) is 60.7 Å². The Labute approximate surface area is 143 Å². The second-order valence-electron chi connectivity index (χ2n) is 5.13.